The average Bonchev–Trinajstić information content (AvgIpc) is 3.18. The van der Waals surface area contributed by atoms with Crippen LogP contribution < -0.4 is 0 Å². The second-order valence-corrected chi connectivity index (χ2v) is 10.6. The van der Waals surface area contributed by atoms with Gasteiger partial charge in [0.05, 0.1) is 5.41 Å². The van der Waals surface area contributed by atoms with Gasteiger partial charge in [-0.1, -0.05) is 12.5 Å². The first-order chi connectivity index (χ1) is 13.7. The summed E-state index contributed by atoms with van der Waals surface area (Å²) < 4.78 is 5.69. The predicted octanol–water partition coefficient (Wildman–Crippen LogP) is 3.52. The minimum atomic E-state index is -0.413. The first-order valence-corrected chi connectivity index (χ1v) is 11.4. The summed E-state index contributed by atoms with van der Waals surface area (Å²) in [7, 11) is 1.87. The molecule has 5 rings (SSSR count). The van der Waals surface area contributed by atoms with Gasteiger partial charge in [0.25, 0.3) is 0 Å². The van der Waals surface area contributed by atoms with Crippen molar-refractivity contribution in [2.75, 3.05) is 7.05 Å². The summed E-state index contributed by atoms with van der Waals surface area (Å²) in [5.74, 6) is 0.986. The minimum Gasteiger partial charge on any atom is -0.462 e. The van der Waals surface area contributed by atoms with E-state index in [2.05, 4.69) is 6.92 Å². The fourth-order valence-electron chi connectivity index (χ4n) is 8.12. The van der Waals surface area contributed by atoms with Gasteiger partial charge in [0.15, 0.2) is 5.78 Å². The number of nitrogens with zero attached hydrogens (tertiary/aromatic N) is 1. The van der Waals surface area contributed by atoms with Gasteiger partial charge in [0, 0.05) is 31.8 Å². The Morgan fingerprint density at radius 1 is 1.10 bits per heavy atom. The van der Waals surface area contributed by atoms with Crippen LogP contribution in [0.2, 0.25) is 0 Å². The van der Waals surface area contributed by atoms with Crippen LogP contribution in [0.3, 0.4) is 0 Å². The standard InChI is InChI=1S/C24H33NO4/c1-13-17-5-6-19-21-18(8-10-24(17,19)22(28)29-13)23(3)9-7-16(25(4)14(2)26)11-15(23)12-20(21)27/h12-13,16-19,21H,5-11H2,1-4H3/t13-,16-,17+,18-,19-,21+,23-,24-/m0/s1. The Morgan fingerprint density at radius 2 is 1.83 bits per heavy atom. The van der Waals surface area contributed by atoms with Crippen molar-refractivity contribution in [1.29, 1.82) is 0 Å². The molecule has 29 heavy (non-hydrogen) atoms. The topological polar surface area (TPSA) is 63.7 Å². The van der Waals surface area contributed by atoms with Crippen molar-refractivity contribution in [1.82, 2.24) is 4.90 Å². The highest BCUT2D eigenvalue weighted by Gasteiger charge is 2.69. The van der Waals surface area contributed by atoms with Crippen LogP contribution in [0.25, 0.3) is 0 Å². The highest BCUT2D eigenvalue weighted by atomic mass is 16.6. The van der Waals surface area contributed by atoms with Crippen molar-refractivity contribution in [3.05, 3.63) is 11.6 Å². The van der Waals surface area contributed by atoms with E-state index in [4.69, 9.17) is 4.74 Å². The highest BCUT2D eigenvalue weighted by molar-refractivity contribution is 5.95. The number of amides is 1. The van der Waals surface area contributed by atoms with Crippen LogP contribution >= 0.6 is 0 Å². The van der Waals surface area contributed by atoms with Gasteiger partial charge >= 0.3 is 5.97 Å². The van der Waals surface area contributed by atoms with Crippen LogP contribution in [-0.2, 0) is 19.1 Å². The number of fused-ring (bicyclic) bond motifs is 4. The van der Waals surface area contributed by atoms with E-state index in [1.807, 2.05) is 24.9 Å². The summed E-state index contributed by atoms with van der Waals surface area (Å²) >= 11 is 0. The molecule has 158 valence electrons. The van der Waals surface area contributed by atoms with Crippen LogP contribution in [-0.4, -0.2) is 41.8 Å². The molecule has 5 heteroatoms. The first kappa shape index (κ1) is 19.3. The molecular formula is C24H33NO4. The third-order valence-corrected chi connectivity index (χ3v) is 9.78. The molecule has 1 saturated heterocycles. The second-order valence-electron chi connectivity index (χ2n) is 10.6. The Morgan fingerprint density at radius 3 is 2.55 bits per heavy atom. The van der Waals surface area contributed by atoms with Gasteiger partial charge in [-0.2, -0.15) is 0 Å². The SMILES string of the molecule is CC(=O)N(C)[C@H]1CC[C@@]2(C)C(=CC(=O)[C@H]3[C@@H]4CC[C@@H]5[C@H](C)OC(=O)[C@@]54CC[C@@H]32)C1. The molecule has 0 unspecified atom stereocenters. The maximum absolute atomic E-state index is 13.4. The van der Waals surface area contributed by atoms with E-state index in [1.165, 1.54) is 5.57 Å². The fraction of sp³-hybridized carbons (Fsp3) is 0.792. The van der Waals surface area contributed by atoms with Gasteiger partial charge in [0.1, 0.15) is 6.10 Å². The van der Waals surface area contributed by atoms with Crippen LogP contribution in [0.15, 0.2) is 11.6 Å². The van der Waals surface area contributed by atoms with E-state index >= 15 is 0 Å². The van der Waals surface area contributed by atoms with Crippen molar-refractivity contribution in [2.24, 2.45) is 34.5 Å². The van der Waals surface area contributed by atoms with Gasteiger partial charge in [-0.3, -0.25) is 14.4 Å². The molecule has 1 heterocycles. The van der Waals surface area contributed by atoms with Gasteiger partial charge in [0.2, 0.25) is 5.91 Å². The molecule has 8 atom stereocenters. The normalized spacial score (nSPS) is 48.1. The molecule has 1 amide bonds. The van der Waals surface area contributed by atoms with E-state index in [9.17, 15) is 14.4 Å². The number of cyclic esters (lactones) is 1. The zero-order valence-corrected chi connectivity index (χ0v) is 18.1. The number of esters is 1. The van der Waals surface area contributed by atoms with Crippen molar-refractivity contribution in [3.63, 3.8) is 0 Å². The summed E-state index contributed by atoms with van der Waals surface area (Å²) in [5.41, 5.74) is 0.839. The van der Waals surface area contributed by atoms with E-state index < -0.39 is 5.41 Å². The first-order valence-electron chi connectivity index (χ1n) is 11.4. The third-order valence-electron chi connectivity index (χ3n) is 9.78. The molecule has 5 aliphatic rings. The Hall–Kier alpha value is -1.65. The number of carbonyl (C=O) groups is 3. The molecule has 4 aliphatic carbocycles. The maximum atomic E-state index is 13.4. The lowest BCUT2D eigenvalue weighted by atomic mass is 9.46. The summed E-state index contributed by atoms with van der Waals surface area (Å²) in [5, 5.41) is 0. The van der Waals surface area contributed by atoms with Gasteiger partial charge in [-0.05, 0) is 75.2 Å². The lowest BCUT2D eigenvalue weighted by molar-refractivity contribution is -0.158. The quantitative estimate of drug-likeness (QED) is 0.633. The zero-order valence-electron chi connectivity index (χ0n) is 18.1. The highest BCUT2D eigenvalue weighted by Crippen LogP contribution is 2.68. The van der Waals surface area contributed by atoms with Crippen LogP contribution in [0.1, 0.15) is 65.7 Å². The maximum Gasteiger partial charge on any atom is 0.313 e. The number of hydrogen-bond donors (Lipinski definition) is 0. The molecule has 4 fully saturated rings. The van der Waals surface area contributed by atoms with Crippen LogP contribution in [0.4, 0.5) is 0 Å². The van der Waals surface area contributed by atoms with Gasteiger partial charge < -0.3 is 9.64 Å². The predicted molar refractivity (Wildman–Crippen MR) is 108 cm³/mol. The molecule has 0 bridgehead atoms. The summed E-state index contributed by atoms with van der Waals surface area (Å²) in [6.45, 7) is 5.98. The summed E-state index contributed by atoms with van der Waals surface area (Å²) in [6, 6.07) is 0.188. The largest absolute Gasteiger partial charge is 0.462 e. The Kier molecular flexibility index (Phi) is 4.12. The molecule has 0 radical (unpaired) electrons. The molecule has 3 saturated carbocycles. The fourth-order valence-corrected chi connectivity index (χ4v) is 8.12. The van der Waals surface area contributed by atoms with Crippen molar-refractivity contribution in [2.45, 2.75) is 77.9 Å². The van der Waals surface area contributed by atoms with E-state index in [0.29, 0.717) is 5.92 Å². The van der Waals surface area contributed by atoms with Gasteiger partial charge in [-0.25, -0.2) is 0 Å². The number of ketones is 1. The lowest BCUT2D eigenvalue weighted by Crippen LogP contribution is -2.56. The van der Waals surface area contributed by atoms with Crippen LogP contribution in [0.5, 0.6) is 0 Å². The minimum absolute atomic E-state index is 0.0120. The molecule has 1 spiro atoms. The Balaban J connectivity index is 1.49. The van der Waals surface area contributed by atoms with Crippen molar-refractivity contribution >= 4 is 17.7 Å². The molecule has 0 aromatic rings. The van der Waals surface area contributed by atoms with Gasteiger partial charge in [-0.15, -0.1) is 0 Å². The summed E-state index contributed by atoms with van der Waals surface area (Å²) in [4.78, 5) is 40.1. The molecular weight excluding hydrogens is 366 g/mol. The molecule has 0 N–H and O–H groups in total. The van der Waals surface area contributed by atoms with Crippen molar-refractivity contribution in [3.8, 4) is 0 Å². The molecule has 0 aromatic carbocycles. The Bertz CT molecular complexity index is 818. The zero-order chi connectivity index (χ0) is 20.7. The second kappa shape index (κ2) is 6.18. The number of allylic oxidation sites excluding steroid dienone is 1. The summed E-state index contributed by atoms with van der Waals surface area (Å²) in [6.07, 6.45) is 8.50. The lowest BCUT2D eigenvalue weighted by Gasteiger charge is -2.56. The average molecular weight is 400 g/mol. The van der Waals surface area contributed by atoms with E-state index in [0.717, 1.165) is 44.9 Å². The van der Waals surface area contributed by atoms with E-state index in [-0.39, 0.29) is 53.0 Å². The van der Waals surface area contributed by atoms with E-state index in [1.54, 1.807) is 6.92 Å². The smallest absolute Gasteiger partial charge is 0.313 e. The number of rotatable bonds is 1. The monoisotopic (exact) mass is 399 g/mol. The number of carbonyl (C=O) groups excluding carboxylic acids is 3. The molecule has 5 nitrogen and oxygen atoms in total. The third kappa shape index (κ3) is 2.36. The van der Waals surface area contributed by atoms with Crippen LogP contribution in [0, 0.1) is 34.5 Å². The molecule has 1 aliphatic heterocycles. The van der Waals surface area contributed by atoms with Crippen molar-refractivity contribution < 1.29 is 19.1 Å². The number of ether oxygens (including phenoxy) is 1. The number of hydrogen-bond acceptors (Lipinski definition) is 4. The molecule has 0 aromatic heterocycles. The Labute approximate surface area is 173 Å².